The first kappa shape index (κ1) is 25.4. The zero-order valence-corrected chi connectivity index (χ0v) is 23.2. The summed E-state index contributed by atoms with van der Waals surface area (Å²) in [5.41, 5.74) is 3.85. The van der Waals surface area contributed by atoms with E-state index in [2.05, 4.69) is 76.4 Å². The van der Waals surface area contributed by atoms with Crippen LogP contribution in [0, 0.1) is 0 Å². The van der Waals surface area contributed by atoms with Crippen LogP contribution in [0.1, 0.15) is 52.7 Å². The molecule has 0 amide bonds. The van der Waals surface area contributed by atoms with Gasteiger partial charge >= 0.3 is 6.98 Å². The van der Waals surface area contributed by atoms with E-state index in [1.54, 1.807) is 0 Å². The molecular weight excluding hydrogens is 467 g/mol. The summed E-state index contributed by atoms with van der Waals surface area (Å²) in [5, 5.41) is 4.37. The first-order valence-corrected chi connectivity index (χ1v) is 13.8. The molecule has 8 rings (SSSR count). The van der Waals surface area contributed by atoms with Crippen molar-refractivity contribution >= 4 is 51.8 Å². The quantitative estimate of drug-likeness (QED) is 0.207. The lowest BCUT2D eigenvalue weighted by atomic mass is 9.78. The fraction of sp³-hybridized carbons (Fsp3) is 0.226. The summed E-state index contributed by atoms with van der Waals surface area (Å²) < 4.78 is 4.45. The third-order valence-corrected chi connectivity index (χ3v) is 6.73. The van der Waals surface area contributed by atoms with Gasteiger partial charge in [-0.2, -0.15) is 0 Å². The maximum atomic E-state index is 5.19. The third kappa shape index (κ3) is 3.49. The van der Waals surface area contributed by atoms with Gasteiger partial charge in [-0.25, -0.2) is 20.0 Å². The van der Waals surface area contributed by atoms with Crippen LogP contribution in [0.2, 0.25) is 6.82 Å². The SMILES string of the molecule is CB1n2c3c4ccccc4c2N=c2c4ccccc4c(n21)=NC1=NC(=N3)c2ccccc21.CC.CC.CC. The molecule has 2 aromatic heterocycles. The van der Waals surface area contributed by atoms with E-state index in [0.29, 0.717) is 11.7 Å². The first-order chi connectivity index (χ1) is 18.8. The maximum absolute atomic E-state index is 5.19. The average molecular weight is 500 g/mol. The Bertz CT molecular complexity index is 1850. The van der Waals surface area contributed by atoms with Crippen molar-refractivity contribution in [1.29, 1.82) is 0 Å². The number of aliphatic imine (C=N–C) groups is 2. The molecule has 3 aliphatic rings. The Kier molecular flexibility index (Phi) is 6.85. The maximum Gasteiger partial charge on any atom is 0.386 e. The van der Waals surface area contributed by atoms with Crippen molar-refractivity contribution in [2.75, 3.05) is 0 Å². The van der Waals surface area contributed by atoms with Crippen LogP contribution in [0.3, 0.4) is 0 Å². The number of fused-ring (bicyclic) bond motifs is 10. The van der Waals surface area contributed by atoms with Crippen molar-refractivity contribution in [1.82, 2.24) is 8.96 Å². The van der Waals surface area contributed by atoms with Gasteiger partial charge in [0.2, 0.25) is 0 Å². The molecule has 5 aromatic rings. The number of hydrogen-bond acceptors (Lipinski definition) is 4. The predicted octanol–water partition coefficient (Wildman–Crippen LogP) is 6.93. The zero-order valence-electron chi connectivity index (χ0n) is 23.2. The Morgan fingerprint density at radius 2 is 0.895 bits per heavy atom. The van der Waals surface area contributed by atoms with E-state index < -0.39 is 0 Å². The Morgan fingerprint density at radius 1 is 0.474 bits per heavy atom. The molecular formula is C31H33BN6. The summed E-state index contributed by atoms with van der Waals surface area (Å²) in [7, 11) is 0. The van der Waals surface area contributed by atoms with Gasteiger partial charge in [-0.1, -0.05) is 114 Å². The Morgan fingerprint density at radius 3 is 1.45 bits per heavy atom. The van der Waals surface area contributed by atoms with Gasteiger partial charge in [-0.15, -0.1) is 0 Å². The minimum atomic E-state index is -0.0309. The summed E-state index contributed by atoms with van der Waals surface area (Å²) in [4.78, 5) is 20.3. The molecule has 190 valence electrons. The third-order valence-electron chi connectivity index (χ3n) is 6.73. The van der Waals surface area contributed by atoms with Crippen molar-refractivity contribution in [3.05, 3.63) is 94.9 Å². The smallest absolute Gasteiger partial charge is 0.334 e. The second-order valence-corrected chi connectivity index (χ2v) is 8.40. The normalized spacial score (nSPS) is 13.3. The molecule has 0 fully saturated rings. The molecule has 4 bridgehead atoms. The Balaban J connectivity index is 0.000000461. The van der Waals surface area contributed by atoms with E-state index in [4.69, 9.17) is 20.0 Å². The van der Waals surface area contributed by atoms with Crippen LogP contribution >= 0.6 is 0 Å². The van der Waals surface area contributed by atoms with Gasteiger partial charge in [0.05, 0.1) is 0 Å². The second-order valence-electron chi connectivity index (χ2n) is 8.40. The van der Waals surface area contributed by atoms with E-state index in [-0.39, 0.29) is 6.98 Å². The highest BCUT2D eigenvalue weighted by Crippen LogP contribution is 2.40. The Labute approximate surface area is 223 Å². The van der Waals surface area contributed by atoms with Crippen LogP contribution in [0.25, 0.3) is 21.5 Å². The summed E-state index contributed by atoms with van der Waals surface area (Å²) in [6, 6.07) is 24.9. The van der Waals surface area contributed by atoms with Gasteiger partial charge in [-0.3, -0.25) is 0 Å². The van der Waals surface area contributed by atoms with Gasteiger partial charge in [0, 0.05) is 32.7 Å². The van der Waals surface area contributed by atoms with E-state index in [1.807, 2.05) is 53.7 Å². The van der Waals surface area contributed by atoms with Crippen LogP contribution in [0.4, 0.5) is 11.6 Å². The summed E-state index contributed by atoms with van der Waals surface area (Å²) in [6.45, 7) is 14.2. The van der Waals surface area contributed by atoms with Crippen molar-refractivity contribution < 1.29 is 0 Å². The number of amidine groups is 2. The van der Waals surface area contributed by atoms with Crippen molar-refractivity contribution in [2.24, 2.45) is 20.0 Å². The van der Waals surface area contributed by atoms with Gasteiger partial charge in [0.1, 0.15) is 22.6 Å². The van der Waals surface area contributed by atoms with E-state index in [9.17, 15) is 0 Å². The number of rotatable bonds is 0. The molecule has 0 aliphatic carbocycles. The number of hydrogen-bond donors (Lipinski definition) is 0. The molecule has 3 aromatic carbocycles. The molecule has 0 unspecified atom stereocenters. The minimum absolute atomic E-state index is 0.0309. The fourth-order valence-corrected chi connectivity index (χ4v) is 5.31. The van der Waals surface area contributed by atoms with Crippen molar-refractivity contribution in [2.45, 2.75) is 48.4 Å². The molecule has 5 heterocycles. The van der Waals surface area contributed by atoms with Gasteiger partial charge in [0.15, 0.2) is 11.7 Å². The summed E-state index contributed by atoms with van der Waals surface area (Å²) in [5.74, 6) is 3.23. The standard InChI is InChI=1S/C25H15BN6.3C2H6/c1-26-31-22-16-10-4-6-12-18(16)24(31)30-25-19-13-7-5-11-17(19)23(32(25)26)29-21-15-9-3-2-8-14(15)20(27-21)28-22;3*1-2/h2-13H,1H3;3*1-2H3. The first-order valence-electron chi connectivity index (χ1n) is 13.8. The van der Waals surface area contributed by atoms with Crippen LogP contribution in [-0.4, -0.2) is 27.6 Å². The molecule has 7 heteroatoms. The van der Waals surface area contributed by atoms with Crippen LogP contribution < -0.4 is 11.0 Å². The topological polar surface area (TPSA) is 59.3 Å². The average Bonchev–Trinajstić information content (AvgIpc) is 3.62. The number of nitrogens with zero attached hydrogens (tertiary/aromatic N) is 6. The molecule has 0 saturated heterocycles. The minimum Gasteiger partial charge on any atom is -0.334 e. The number of benzene rings is 3. The molecule has 0 radical (unpaired) electrons. The van der Waals surface area contributed by atoms with Gasteiger partial charge in [0.25, 0.3) is 0 Å². The van der Waals surface area contributed by atoms with Crippen molar-refractivity contribution in [3.63, 3.8) is 0 Å². The second kappa shape index (κ2) is 10.2. The molecule has 0 saturated carbocycles. The fourth-order valence-electron chi connectivity index (χ4n) is 5.31. The van der Waals surface area contributed by atoms with E-state index in [1.165, 1.54) is 0 Å². The lowest BCUT2D eigenvalue weighted by Crippen LogP contribution is -2.46. The van der Waals surface area contributed by atoms with Gasteiger partial charge in [-0.05, 0) is 6.82 Å². The molecule has 6 nitrogen and oxygen atoms in total. The Hall–Kier alpha value is -4.26. The predicted molar refractivity (Wildman–Crippen MR) is 161 cm³/mol. The van der Waals surface area contributed by atoms with Crippen LogP contribution in [-0.2, 0) is 0 Å². The molecule has 0 N–H and O–H groups in total. The van der Waals surface area contributed by atoms with Gasteiger partial charge < -0.3 is 8.96 Å². The molecule has 0 spiro atoms. The highest BCUT2D eigenvalue weighted by atomic mass is 15.2. The summed E-state index contributed by atoms with van der Waals surface area (Å²) in [6.07, 6.45) is 0. The zero-order chi connectivity index (χ0) is 27.0. The molecule has 3 aliphatic heterocycles. The van der Waals surface area contributed by atoms with E-state index >= 15 is 0 Å². The lowest BCUT2D eigenvalue weighted by molar-refractivity contribution is 0.920. The largest absolute Gasteiger partial charge is 0.386 e. The molecule has 38 heavy (non-hydrogen) atoms. The van der Waals surface area contributed by atoms with E-state index in [0.717, 1.165) is 55.3 Å². The monoisotopic (exact) mass is 500 g/mol. The van der Waals surface area contributed by atoms with Crippen molar-refractivity contribution in [3.8, 4) is 0 Å². The molecule has 0 atom stereocenters. The highest BCUT2D eigenvalue weighted by Gasteiger charge is 2.33. The van der Waals surface area contributed by atoms with Crippen LogP contribution in [0.5, 0.6) is 0 Å². The summed E-state index contributed by atoms with van der Waals surface area (Å²) >= 11 is 0. The van der Waals surface area contributed by atoms with Crippen LogP contribution in [0.15, 0.2) is 92.8 Å². The lowest BCUT2D eigenvalue weighted by Gasteiger charge is -2.20. The number of aromatic nitrogens is 2. The highest BCUT2D eigenvalue weighted by molar-refractivity contribution is 6.56.